The van der Waals surface area contributed by atoms with Gasteiger partial charge < -0.3 is 15.1 Å². The molecule has 2 heterocycles. The van der Waals surface area contributed by atoms with Crippen LogP contribution in [0.15, 0.2) is 48.7 Å². The van der Waals surface area contributed by atoms with Gasteiger partial charge in [0.2, 0.25) is 11.8 Å². The number of carbonyl (C=O) groups is 2. The first kappa shape index (κ1) is 19.5. The summed E-state index contributed by atoms with van der Waals surface area (Å²) in [7, 11) is 0. The molecular weight excluding hydrogens is 386 g/mol. The van der Waals surface area contributed by atoms with Gasteiger partial charge in [-0.3, -0.25) is 9.59 Å². The Morgan fingerprint density at radius 2 is 1.90 bits per heavy atom. The molecule has 1 unspecified atom stereocenters. The second-order valence-corrected chi connectivity index (χ2v) is 7.93. The monoisotopic (exact) mass is 409 g/mol. The zero-order valence-electron chi connectivity index (χ0n) is 16.4. The molecular formula is C23H24ClN3O2. The number of hydrogen-bond donors (Lipinski definition) is 1. The van der Waals surface area contributed by atoms with E-state index in [9.17, 15) is 9.59 Å². The minimum atomic E-state index is -0.330. The van der Waals surface area contributed by atoms with E-state index in [0.717, 1.165) is 48.4 Å². The van der Waals surface area contributed by atoms with Crippen molar-refractivity contribution in [2.24, 2.45) is 0 Å². The highest BCUT2D eigenvalue weighted by Gasteiger charge is 2.28. The smallest absolute Gasteiger partial charge is 0.226 e. The fourth-order valence-electron chi connectivity index (χ4n) is 4.13. The van der Waals surface area contributed by atoms with E-state index < -0.39 is 0 Å². The van der Waals surface area contributed by atoms with Crippen LogP contribution >= 0.6 is 11.6 Å². The number of anilines is 2. The van der Waals surface area contributed by atoms with Crippen molar-refractivity contribution in [2.45, 2.75) is 32.2 Å². The fraction of sp³-hybridized carbons (Fsp3) is 0.304. The van der Waals surface area contributed by atoms with Gasteiger partial charge in [-0.15, -0.1) is 0 Å². The van der Waals surface area contributed by atoms with Gasteiger partial charge in [-0.05, 0) is 48.2 Å². The Bertz CT molecular complexity index is 966. The van der Waals surface area contributed by atoms with Crippen LogP contribution in [-0.2, 0) is 9.59 Å². The maximum Gasteiger partial charge on any atom is 0.226 e. The van der Waals surface area contributed by atoms with Gasteiger partial charge >= 0.3 is 0 Å². The van der Waals surface area contributed by atoms with E-state index in [0.29, 0.717) is 5.02 Å². The molecule has 150 valence electrons. The summed E-state index contributed by atoms with van der Waals surface area (Å²) < 4.78 is 0. The Morgan fingerprint density at radius 1 is 1.14 bits per heavy atom. The first-order valence-electron chi connectivity index (χ1n) is 9.93. The van der Waals surface area contributed by atoms with E-state index >= 15 is 0 Å². The summed E-state index contributed by atoms with van der Waals surface area (Å²) in [5.74, 6) is -0.233. The minimum Gasteiger partial charge on any atom is -0.370 e. The lowest BCUT2D eigenvalue weighted by molar-refractivity contribution is -0.129. The predicted octanol–water partition coefficient (Wildman–Crippen LogP) is 4.84. The highest BCUT2D eigenvalue weighted by atomic mass is 35.5. The van der Waals surface area contributed by atoms with E-state index in [2.05, 4.69) is 10.2 Å². The lowest BCUT2D eigenvalue weighted by Gasteiger charge is -2.32. The zero-order chi connectivity index (χ0) is 20.4. The van der Waals surface area contributed by atoms with E-state index in [-0.39, 0.29) is 24.3 Å². The summed E-state index contributed by atoms with van der Waals surface area (Å²) in [6.07, 6.45) is 6.14. The fourth-order valence-corrected chi connectivity index (χ4v) is 4.30. The average Bonchev–Trinajstić information content (AvgIpc) is 3.22. The van der Waals surface area contributed by atoms with Crippen molar-refractivity contribution in [1.82, 2.24) is 4.90 Å². The number of carbonyl (C=O) groups excluding carboxylic acids is 2. The van der Waals surface area contributed by atoms with Gasteiger partial charge in [-0.2, -0.15) is 0 Å². The molecule has 1 fully saturated rings. The number of nitrogens with one attached hydrogen (secondary N) is 1. The third-order valence-electron chi connectivity index (χ3n) is 5.53. The van der Waals surface area contributed by atoms with Crippen LogP contribution in [0.2, 0.25) is 5.02 Å². The van der Waals surface area contributed by atoms with Crippen LogP contribution in [0.4, 0.5) is 11.4 Å². The highest BCUT2D eigenvalue weighted by Crippen LogP contribution is 2.35. The van der Waals surface area contributed by atoms with E-state index in [1.807, 2.05) is 42.5 Å². The van der Waals surface area contributed by atoms with Crippen LogP contribution in [0.3, 0.4) is 0 Å². The Hall–Kier alpha value is -2.79. The summed E-state index contributed by atoms with van der Waals surface area (Å²) in [4.78, 5) is 29.0. The largest absolute Gasteiger partial charge is 0.370 e. The molecule has 0 saturated carbocycles. The Morgan fingerprint density at radius 3 is 2.66 bits per heavy atom. The summed E-state index contributed by atoms with van der Waals surface area (Å²) in [6, 6.07) is 13.1. The molecule has 1 saturated heterocycles. The van der Waals surface area contributed by atoms with Crippen molar-refractivity contribution in [3.05, 3.63) is 64.8 Å². The summed E-state index contributed by atoms with van der Waals surface area (Å²) >= 11 is 6.20. The number of rotatable bonds is 4. The maximum atomic E-state index is 13.0. The third kappa shape index (κ3) is 4.15. The second kappa shape index (κ2) is 8.29. The molecule has 0 bridgehead atoms. The summed E-state index contributed by atoms with van der Waals surface area (Å²) in [5, 5.41) is 3.62. The van der Waals surface area contributed by atoms with Crippen molar-refractivity contribution in [3.8, 4) is 0 Å². The van der Waals surface area contributed by atoms with E-state index in [4.69, 9.17) is 11.6 Å². The SMILES string of the molecule is CC(=O)N1C=Cc2ccccc2C1CC(=O)Nc1cc(Cl)ccc1N1CCCC1. The molecule has 29 heavy (non-hydrogen) atoms. The molecule has 2 aromatic rings. The minimum absolute atomic E-state index is 0.0888. The topological polar surface area (TPSA) is 52.7 Å². The Labute approximate surface area is 175 Å². The molecule has 2 aliphatic rings. The highest BCUT2D eigenvalue weighted by molar-refractivity contribution is 6.31. The van der Waals surface area contributed by atoms with Gasteiger partial charge in [-0.25, -0.2) is 0 Å². The molecule has 1 N–H and O–H groups in total. The molecule has 2 aromatic carbocycles. The van der Waals surface area contributed by atoms with Crippen LogP contribution in [0.25, 0.3) is 6.08 Å². The van der Waals surface area contributed by atoms with E-state index in [1.54, 1.807) is 17.2 Å². The normalized spacial score (nSPS) is 17.9. The molecule has 0 aromatic heterocycles. The molecule has 4 rings (SSSR count). The number of benzene rings is 2. The van der Waals surface area contributed by atoms with Crippen molar-refractivity contribution in [3.63, 3.8) is 0 Å². The number of fused-ring (bicyclic) bond motifs is 1. The van der Waals surface area contributed by atoms with Gasteiger partial charge in [0.1, 0.15) is 0 Å². The first-order chi connectivity index (χ1) is 14.0. The molecule has 0 aliphatic carbocycles. The second-order valence-electron chi connectivity index (χ2n) is 7.49. The van der Waals surface area contributed by atoms with Crippen molar-refractivity contribution < 1.29 is 9.59 Å². The summed E-state index contributed by atoms with van der Waals surface area (Å²) in [6.45, 7) is 3.47. The van der Waals surface area contributed by atoms with Crippen LogP contribution in [0, 0.1) is 0 Å². The van der Waals surface area contributed by atoms with Gasteiger partial charge in [0.15, 0.2) is 0 Å². The molecule has 2 aliphatic heterocycles. The summed E-state index contributed by atoms with van der Waals surface area (Å²) in [5.41, 5.74) is 3.72. The molecule has 2 amide bonds. The molecule has 0 spiro atoms. The van der Waals surface area contributed by atoms with Gasteiger partial charge in [0.25, 0.3) is 0 Å². The molecule has 0 radical (unpaired) electrons. The van der Waals surface area contributed by atoms with Gasteiger partial charge in [0.05, 0.1) is 23.8 Å². The van der Waals surface area contributed by atoms with Crippen molar-refractivity contribution in [1.29, 1.82) is 0 Å². The van der Waals surface area contributed by atoms with Crippen molar-refractivity contribution >= 4 is 40.9 Å². The molecule has 6 heteroatoms. The van der Waals surface area contributed by atoms with Crippen LogP contribution < -0.4 is 10.2 Å². The number of amides is 2. The van der Waals surface area contributed by atoms with Crippen LogP contribution in [0.5, 0.6) is 0 Å². The first-order valence-corrected chi connectivity index (χ1v) is 10.3. The predicted molar refractivity (Wildman–Crippen MR) is 117 cm³/mol. The zero-order valence-corrected chi connectivity index (χ0v) is 17.2. The van der Waals surface area contributed by atoms with Crippen LogP contribution in [0.1, 0.15) is 43.4 Å². The van der Waals surface area contributed by atoms with Gasteiger partial charge in [0, 0.05) is 31.2 Å². The lowest BCUT2D eigenvalue weighted by Crippen LogP contribution is -2.33. The van der Waals surface area contributed by atoms with Crippen LogP contribution in [-0.4, -0.2) is 29.8 Å². The molecule has 5 nitrogen and oxygen atoms in total. The maximum absolute atomic E-state index is 13.0. The third-order valence-corrected chi connectivity index (χ3v) is 5.76. The number of nitrogens with zero attached hydrogens (tertiary/aromatic N) is 2. The quantitative estimate of drug-likeness (QED) is 0.785. The standard InChI is InChI=1S/C23H24ClN3O2/c1-16(28)27-13-10-17-6-2-3-7-19(17)22(27)15-23(29)25-20-14-18(24)8-9-21(20)26-11-4-5-12-26/h2-3,6-10,13-14,22H,4-5,11-12,15H2,1H3,(H,25,29). The Kier molecular flexibility index (Phi) is 5.58. The Balaban J connectivity index is 1.57. The number of hydrogen-bond acceptors (Lipinski definition) is 3. The van der Waals surface area contributed by atoms with Gasteiger partial charge in [-0.1, -0.05) is 35.9 Å². The number of halogens is 1. The average molecular weight is 410 g/mol. The van der Waals surface area contributed by atoms with Crippen molar-refractivity contribution in [2.75, 3.05) is 23.3 Å². The lowest BCUT2D eigenvalue weighted by atomic mass is 9.93. The van der Waals surface area contributed by atoms with E-state index in [1.165, 1.54) is 6.92 Å². The molecule has 1 atom stereocenters.